The van der Waals surface area contributed by atoms with Gasteiger partial charge in [-0.05, 0) is 24.3 Å². The second kappa shape index (κ2) is 7.36. The van der Waals surface area contributed by atoms with Gasteiger partial charge in [-0.1, -0.05) is 0 Å². The van der Waals surface area contributed by atoms with Crippen molar-refractivity contribution >= 4 is 11.7 Å². The van der Waals surface area contributed by atoms with Crippen LogP contribution >= 0.6 is 0 Å². The molecule has 0 saturated carbocycles. The van der Waals surface area contributed by atoms with Crippen LogP contribution < -0.4 is 10.5 Å². The summed E-state index contributed by atoms with van der Waals surface area (Å²) >= 11 is 0. The van der Waals surface area contributed by atoms with E-state index in [9.17, 15) is 9.59 Å². The van der Waals surface area contributed by atoms with Crippen LogP contribution in [0.3, 0.4) is 0 Å². The zero-order valence-electron chi connectivity index (χ0n) is 14.5. The van der Waals surface area contributed by atoms with Gasteiger partial charge in [0, 0.05) is 50.8 Å². The zero-order valence-corrected chi connectivity index (χ0v) is 14.5. The molecular formula is C17H18N8O2. The Balaban J connectivity index is 1.35. The van der Waals surface area contributed by atoms with E-state index in [1.54, 1.807) is 28.0 Å². The van der Waals surface area contributed by atoms with Crippen LogP contribution in [0.1, 0.15) is 0 Å². The molecule has 10 heteroatoms. The number of carbonyl (C=O) groups excluding carboxylic acids is 1. The van der Waals surface area contributed by atoms with Gasteiger partial charge in [-0.25, -0.2) is 9.36 Å². The number of anilines is 1. The van der Waals surface area contributed by atoms with Crippen LogP contribution in [0.2, 0.25) is 0 Å². The molecule has 0 unspecified atom stereocenters. The molecule has 1 aliphatic rings. The van der Waals surface area contributed by atoms with Gasteiger partial charge in [0.15, 0.2) is 11.6 Å². The number of amides is 1. The van der Waals surface area contributed by atoms with Gasteiger partial charge in [-0.2, -0.15) is 10.2 Å². The van der Waals surface area contributed by atoms with Crippen molar-refractivity contribution in [2.45, 2.75) is 6.54 Å². The minimum atomic E-state index is -0.281. The fourth-order valence-electron chi connectivity index (χ4n) is 2.93. The van der Waals surface area contributed by atoms with Crippen molar-refractivity contribution in [2.75, 3.05) is 31.1 Å². The van der Waals surface area contributed by atoms with E-state index in [2.05, 4.69) is 25.3 Å². The molecule has 0 spiro atoms. The molecule has 3 aromatic rings. The first-order chi connectivity index (χ1) is 13.2. The number of carbonyl (C=O) groups is 1. The maximum absolute atomic E-state index is 12.4. The summed E-state index contributed by atoms with van der Waals surface area (Å²) in [6, 6.07) is 8.53. The number of hydrogen-bond donors (Lipinski definition) is 0. The highest BCUT2D eigenvalue weighted by atomic mass is 16.2. The minimum absolute atomic E-state index is 0.0436. The van der Waals surface area contributed by atoms with Gasteiger partial charge >= 0.3 is 0 Å². The first-order valence-corrected chi connectivity index (χ1v) is 8.59. The van der Waals surface area contributed by atoms with Crippen molar-refractivity contribution in [3.63, 3.8) is 0 Å². The molecule has 0 bridgehead atoms. The Morgan fingerprint density at radius 2 is 1.67 bits per heavy atom. The summed E-state index contributed by atoms with van der Waals surface area (Å²) in [6.07, 6.45) is 4.99. The first kappa shape index (κ1) is 16.9. The van der Waals surface area contributed by atoms with Crippen LogP contribution in [0, 0.1) is 0 Å². The fraction of sp³-hybridized carbons (Fsp3) is 0.294. The predicted molar refractivity (Wildman–Crippen MR) is 96.4 cm³/mol. The molecule has 1 amide bonds. The number of nitrogens with zero attached hydrogens (tertiary/aromatic N) is 8. The molecule has 27 heavy (non-hydrogen) atoms. The maximum Gasteiger partial charge on any atom is 0.267 e. The zero-order chi connectivity index (χ0) is 18.6. The highest BCUT2D eigenvalue weighted by Gasteiger charge is 2.22. The third-order valence-corrected chi connectivity index (χ3v) is 4.40. The minimum Gasteiger partial charge on any atom is -0.352 e. The van der Waals surface area contributed by atoms with Crippen LogP contribution in [0.15, 0.2) is 53.7 Å². The maximum atomic E-state index is 12.4. The third kappa shape index (κ3) is 3.68. The molecule has 1 aliphatic heterocycles. The lowest BCUT2D eigenvalue weighted by atomic mass is 10.3. The van der Waals surface area contributed by atoms with E-state index in [4.69, 9.17) is 0 Å². The van der Waals surface area contributed by atoms with Crippen molar-refractivity contribution < 1.29 is 4.79 Å². The first-order valence-electron chi connectivity index (χ1n) is 8.59. The summed E-state index contributed by atoms with van der Waals surface area (Å²) < 4.78 is 2.82. The van der Waals surface area contributed by atoms with Crippen LogP contribution in [-0.2, 0) is 11.3 Å². The molecule has 0 radical (unpaired) electrons. The molecular weight excluding hydrogens is 348 g/mol. The Bertz CT molecular complexity index is 959. The molecule has 0 N–H and O–H groups in total. The van der Waals surface area contributed by atoms with Crippen LogP contribution in [0.5, 0.6) is 0 Å². The van der Waals surface area contributed by atoms with Crippen molar-refractivity contribution in [2.24, 2.45) is 0 Å². The average molecular weight is 366 g/mol. The summed E-state index contributed by atoms with van der Waals surface area (Å²) in [4.78, 5) is 27.9. The Kier molecular flexibility index (Phi) is 4.60. The molecule has 1 fully saturated rings. The average Bonchev–Trinajstić information content (AvgIpc) is 3.25. The fourth-order valence-corrected chi connectivity index (χ4v) is 2.93. The van der Waals surface area contributed by atoms with Gasteiger partial charge < -0.3 is 9.80 Å². The van der Waals surface area contributed by atoms with Crippen LogP contribution in [0.25, 0.3) is 5.82 Å². The van der Waals surface area contributed by atoms with E-state index in [0.29, 0.717) is 32.0 Å². The van der Waals surface area contributed by atoms with Gasteiger partial charge in [0.2, 0.25) is 5.91 Å². The second-order valence-corrected chi connectivity index (χ2v) is 6.09. The molecule has 3 aromatic heterocycles. The molecule has 10 nitrogen and oxygen atoms in total. The van der Waals surface area contributed by atoms with E-state index in [0.717, 1.165) is 5.82 Å². The predicted octanol–water partition coefficient (Wildman–Crippen LogP) is -0.432. The molecule has 138 valence electrons. The van der Waals surface area contributed by atoms with Gasteiger partial charge in [-0.15, -0.1) is 10.2 Å². The summed E-state index contributed by atoms with van der Waals surface area (Å²) in [5.74, 6) is 1.30. The van der Waals surface area contributed by atoms with E-state index in [-0.39, 0.29) is 18.0 Å². The van der Waals surface area contributed by atoms with E-state index in [1.807, 2.05) is 18.2 Å². The second-order valence-electron chi connectivity index (χ2n) is 6.09. The highest BCUT2D eigenvalue weighted by Crippen LogP contribution is 2.14. The van der Waals surface area contributed by atoms with Crippen molar-refractivity contribution in [1.29, 1.82) is 0 Å². The molecule has 1 saturated heterocycles. The lowest BCUT2D eigenvalue weighted by Crippen LogP contribution is -2.50. The van der Waals surface area contributed by atoms with Crippen molar-refractivity contribution in [3.05, 3.63) is 59.3 Å². The molecule has 4 rings (SSSR count). The Labute approximate surface area is 154 Å². The lowest BCUT2D eigenvalue weighted by Gasteiger charge is -2.35. The van der Waals surface area contributed by atoms with Gasteiger partial charge in [0.1, 0.15) is 6.54 Å². The molecule has 0 aromatic carbocycles. The largest absolute Gasteiger partial charge is 0.352 e. The summed E-state index contributed by atoms with van der Waals surface area (Å²) in [5, 5.41) is 16.5. The van der Waals surface area contributed by atoms with Crippen molar-refractivity contribution in [3.8, 4) is 5.82 Å². The number of piperazine rings is 1. The van der Waals surface area contributed by atoms with Gasteiger partial charge in [-0.3, -0.25) is 9.59 Å². The van der Waals surface area contributed by atoms with Crippen LogP contribution in [0.4, 0.5) is 5.82 Å². The topological polar surface area (TPSA) is 102 Å². The summed E-state index contributed by atoms with van der Waals surface area (Å²) in [7, 11) is 0. The highest BCUT2D eigenvalue weighted by molar-refractivity contribution is 5.76. The third-order valence-electron chi connectivity index (χ3n) is 4.40. The van der Waals surface area contributed by atoms with E-state index < -0.39 is 0 Å². The molecule has 0 aliphatic carbocycles. The Morgan fingerprint density at radius 1 is 0.926 bits per heavy atom. The SMILES string of the molecule is O=C(Cn1ncccc1=O)N1CCN(c2ccc(-n3cccn3)nn2)CC1. The van der Waals surface area contributed by atoms with Gasteiger partial charge in [0.25, 0.3) is 5.56 Å². The van der Waals surface area contributed by atoms with E-state index in [1.165, 1.54) is 16.9 Å². The Hall–Kier alpha value is -3.56. The lowest BCUT2D eigenvalue weighted by molar-refractivity contribution is -0.132. The number of aromatic nitrogens is 6. The quantitative estimate of drug-likeness (QED) is 0.617. The normalized spacial score (nSPS) is 14.4. The van der Waals surface area contributed by atoms with Gasteiger partial charge in [0.05, 0.1) is 0 Å². The molecule has 0 atom stereocenters. The van der Waals surface area contributed by atoms with Crippen molar-refractivity contribution in [1.82, 2.24) is 34.7 Å². The van der Waals surface area contributed by atoms with E-state index >= 15 is 0 Å². The monoisotopic (exact) mass is 366 g/mol. The van der Waals surface area contributed by atoms with Crippen LogP contribution in [-0.4, -0.2) is 66.7 Å². The summed E-state index contributed by atoms with van der Waals surface area (Å²) in [5.41, 5.74) is -0.281. The summed E-state index contributed by atoms with van der Waals surface area (Å²) in [6.45, 7) is 2.38. The standard InChI is InChI=1S/C17H18N8O2/c26-16-3-1-6-19-25(16)13-17(27)23-11-9-22(10-12-23)14-4-5-15(21-20-14)24-8-2-7-18-24/h1-8H,9-13H2. The Morgan fingerprint density at radius 3 is 2.33 bits per heavy atom. The number of rotatable bonds is 4. The number of hydrogen-bond acceptors (Lipinski definition) is 7. The molecule has 4 heterocycles. The smallest absolute Gasteiger partial charge is 0.267 e.